The maximum absolute atomic E-state index is 8.70. The van der Waals surface area contributed by atoms with E-state index in [-0.39, 0.29) is 5.92 Å². The average Bonchev–Trinajstić information content (AvgIpc) is 2.18. The standard InChI is InChI=1S/C10H12BrN3/c1-8(5-12)7-14(2)10-3-4-13-6-9(10)11/h3-4,6,8H,7H2,1-2H3. The summed E-state index contributed by atoms with van der Waals surface area (Å²) in [5, 5.41) is 8.70. The van der Waals surface area contributed by atoms with Crippen molar-refractivity contribution in [2.45, 2.75) is 6.92 Å². The molecule has 0 saturated carbocycles. The molecule has 1 atom stereocenters. The van der Waals surface area contributed by atoms with Gasteiger partial charge in [0.05, 0.1) is 22.1 Å². The van der Waals surface area contributed by atoms with Crippen molar-refractivity contribution in [1.82, 2.24) is 4.98 Å². The van der Waals surface area contributed by atoms with Crippen LogP contribution in [0.4, 0.5) is 5.69 Å². The molecule has 0 saturated heterocycles. The van der Waals surface area contributed by atoms with Crippen LogP contribution in [0.15, 0.2) is 22.9 Å². The molecule has 1 rings (SSSR count). The maximum atomic E-state index is 8.70. The summed E-state index contributed by atoms with van der Waals surface area (Å²) in [7, 11) is 1.97. The zero-order valence-electron chi connectivity index (χ0n) is 8.24. The van der Waals surface area contributed by atoms with Gasteiger partial charge in [0.25, 0.3) is 0 Å². The Bertz CT molecular complexity index is 345. The fourth-order valence-electron chi connectivity index (χ4n) is 1.23. The quantitative estimate of drug-likeness (QED) is 0.831. The molecule has 0 aliphatic carbocycles. The maximum Gasteiger partial charge on any atom is 0.0671 e. The van der Waals surface area contributed by atoms with E-state index in [0.717, 1.165) is 16.7 Å². The van der Waals surface area contributed by atoms with Crippen molar-refractivity contribution in [1.29, 1.82) is 5.26 Å². The van der Waals surface area contributed by atoms with Gasteiger partial charge in [-0.25, -0.2) is 0 Å². The lowest BCUT2D eigenvalue weighted by Gasteiger charge is -2.21. The van der Waals surface area contributed by atoms with Crippen LogP contribution in [0.5, 0.6) is 0 Å². The van der Waals surface area contributed by atoms with Crippen LogP contribution in [-0.4, -0.2) is 18.6 Å². The average molecular weight is 254 g/mol. The molecule has 0 spiro atoms. The lowest BCUT2D eigenvalue weighted by Crippen LogP contribution is -2.23. The van der Waals surface area contributed by atoms with Crippen LogP contribution in [0, 0.1) is 17.2 Å². The number of nitriles is 1. The molecule has 0 radical (unpaired) electrons. The molecule has 3 nitrogen and oxygen atoms in total. The van der Waals surface area contributed by atoms with Gasteiger partial charge in [-0.15, -0.1) is 0 Å². The van der Waals surface area contributed by atoms with E-state index >= 15 is 0 Å². The van der Waals surface area contributed by atoms with Crippen molar-refractivity contribution in [3.8, 4) is 6.07 Å². The summed E-state index contributed by atoms with van der Waals surface area (Å²) in [5.41, 5.74) is 1.06. The summed E-state index contributed by atoms with van der Waals surface area (Å²) in [5.74, 6) is 0.0278. The van der Waals surface area contributed by atoms with Gasteiger partial charge in [0.1, 0.15) is 0 Å². The van der Waals surface area contributed by atoms with Crippen molar-refractivity contribution in [2.75, 3.05) is 18.5 Å². The highest BCUT2D eigenvalue weighted by Crippen LogP contribution is 2.23. The molecule has 1 aromatic rings. The van der Waals surface area contributed by atoms with Gasteiger partial charge in [-0.1, -0.05) is 0 Å². The first-order chi connectivity index (χ1) is 6.65. The number of pyridine rings is 1. The summed E-state index contributed by atoms with van der Waals surface area (Å²) in [6.07, 6.45) is 3.50. The Morgan fingerprint density at radius 2 is 2.43 bits per heavy atom. The summed E-state index contributed by atoms with van der Waals surface area (Å²) < 4.78 is 0.952. The van der Waals surface area contributed by atoms with E-state index in [0.29, 0.717) is 0 Å². The van der Waals surface area contributed by atoms with Gasteiger partial charge in [-0.05, 0) is 28.9 Å². The number of aromatic nitrogens is 1. The summed E-state index contributed by atoms with van der Waals surface area (Å²) >= 11 is 3.42. The molecule has 1 heterocycles. The zero-order valence-corrected chi connectivity index (χ0v) is 9.82. The van der Waals surface area contributed by atoms with Gasteiger partial charge >= 0.3 is 0 Å². The summed E-state index contributed by atoms with van der Waals surface area (Å²) in [6, 6.07) is 4.14. The second-order valence-electron chi connectivity index (χ2n) is 3.24. The van der Waals surface area contributed by atoms with E-state index in [1.54, 1.807) is 12.4 Å². The molecule has 0 aliphatic rings. The molecule has 0 bridgehead atoms. The molecule has 1 aromatic heterocycles. The van der Waals surface area contributed by atoms with Crippen LogP contribution in [0.3, 0.4) is 0 Å². The number of hydrogen-bond acceptors (Lipinski definition) is 3. The van der Waals surface area contributed by atoms with Crippen molar-refractivity contribution < 1.29 is 0 Å². The topological polar surface area (TPSA) is 39.9 Å². The minimum Gasteiger partial charge on any atom is -0.372 e. The van der Waals surface area contributed by atoms with E-state index in [9.17, 15) is 0 Å². The van der Waals surface area contributed by atoms with E-state index < -0.39 is 0 Å². The second-order valence-corrected chi connectivity index (χ2v) is 4.09. The molecule has 14 heavy (non-hydrogen) atoms. The molecule has 74 valence electrons. The number of rotatable bonds is 3. The molecular weight excluding hydrogens is 242 g/mol. The van der Waals surface area contributed by atoms with Crippen LogP contribution < -0.4 is 4.90 Å². The Hall–Kier alpha value is -1.08. The predicted molar refractivity (Wildman–Crippen MR) is 60.0 cm³/mol. The number of hydrogen-bond donors (Lipinski definition) is 0. The van der Waals surface area contributed by atoms with E-state index in [1.807, 2.05) is 24.9 Å². The van der Waals surface area contributed by atoms with E-state index in [1.165, 1.54) is 0 Å². The van der Waals surface area contributed by atoms with Crippen LogP contribution in [-0.2, 0) is 0 Å². The van der Waals surface area contributed by atoms with Gasteiger partial charge in [0, 0.05) is 26.0 Å². The molecule has 0 amide bonds. The van der Waals surface area contributed by atoms with Crippen LogP contribution >= 0.6 is 15.9 Å². The monoisotopic (exact) mass is 253 g/mol. The SMILES string of the molecule is CC(C#N)CN(C)c1ccncc1Br. The predicted octanol–water partition coefficient (Wildman–Crippen LogP) is 2.44. The number of halogens is 1. The molecule has 0 aliphatic heterocycles. The van der Waals surface area contributed by atoms with E-state index in [2.05, 4.69) is 27.0 Å². The van der Waals surface area contributed by atoms with Gasteiger partial charge in [-0.2, -0.15) is 5.26 Å². The highest BCUT2D eigenvalue weighted by molar-refractivity contribution is 9.10. The van der Waals surface area contributed by atoms with Crippen molar-refractivity contribution in [3.05, 3.63) is 22.9 Å². The Morgan fingerprint density at radius 1 is 1.71 bits per heavy atom. The van der Waals surface area contributed by atoms with Crippen LogP contribution in [0.2, 0.25) is 0 Å². The fourth-order valence-corrected chi connectivity index (χ4v) is 1.78. The summed E-state index contributed by atoms with van der Waals surface area (Å²) in [4.78, 5) is 6.03. The Kier molecular flexibility index (Phi) is 3.90. The lowest BCUT2D eigenvalue weighted by molar-refractivity contribution is 0.715. The van der Waals surface area contributed by atoms with Crippen molar-refractivity contribution in [2.24, 2.45) is 5.92 Å². The molecule has 1 unspecified atom stereocenters. The van der Waals surface area contributed by atoms with Gasteiger partial charge < -0.3 is 4.90 Å². The highest BCUT2D eigenvalue weighted by Gasteiger charge is 2.08. The third-order valence-electron chi connectivity index (χ3n) is 1.93. The number of nitrogens with zero attached hydrogens (tertiary/aromatic N) is 3. The first kappa shape index (κ1) is 11.0. The second kappa shape index (κ2) is 4.97. The molecule has 0 N–H and O–H groups in total. The third kappa shape index (κ3) is 2.71. The Labute approximate surface area is 92.5 Å². The van der Waals surface area contributed by atoms with Crippen molar-refractivity contribution >= 4 is 21.6 Å². The Balaban J connectivity index is 2.75. The highest BCUT2D eigenvalue weighted by atomic mass is 79.9. The molecular formula is C10H12BrN3. The van der Waals surface area contributed by atoms with E-state index in [4.69, 9.17) is 5.26 Å². The minimum atomic E-state index is 0.0278. The Morgan fingerprint density at radius 3 is 3.00 bits per heavy atom. The first-order valence-corrected chi connectivity index (χ1v) is 5.14. The summed E-state index contributed by atoms with van der Waals surface area (Å²) in [6.45, 7) is 2.63. The molecule has 0 aromatic carbocycles. The van der Waals surface area contributed by atoms with Gasteiger partial charge in [0.15, 0.2) is 0 Å². The van der Waals surface area contributed by atoms with Crippen LogP contribution in [0.1, 0.15) is 6.92 Å². The number of anilines is 1. The minimum absolute atomic E-state index is 0.0278. The molecule has 0 fully saturated rings. The zero-order chi connectivity index (χ0) is 10.6. The fraction of sp³-hybridized carbons (Fsp3) is 0.400. The van der Waals surface area contributed by atoms with Crippen molar-refractivity contribution in [3.63, 3.8) is 0 Å². The smallest absolute Gasteiger partial charge is 0.0671 e. The largest absolute Gasteiger partial charge is 0.372 e. The molecule has 4 heteroatoms. The normalized spacial score (nSPS) is 11.9. The van der Waals surface area contributed by atoms with Crippen LogP contribution in [0.25, 0.3) is 0 Å². The lowest BCUT2D eigenvalue weighted by atomic mass is 10.2. The first-order valence-electron chi connectivity index (χ1n) is 4.35. The third-order valence-corrected chi connectivity index (χ3v) is 2.54. The van der Waals surface area contributed by atoms with Gasteiger partial charge in [0.2, 0.25) is 0 Å². The van der Waals surface area contributed by atoms with Gasteiger partial charge in [-0.3, -0.25) is 4.98 Å².